The van der Waals surface area contributed by atoms with E-state index in [1.54, 1.807) is 0 Å². The van der Waals surface area contributed by atoms with Crippen LogP contribution < -0.4 is 4.90 Å². The van der Waals surface area contributed by atoms with Crippen LogP contribution in [0.3, 0.4) is 0 Å². The zero-order valence-electron chi connectivity index (χ0n) is 27.4. The first-order valence-electron chi connectivity index (χ1n) is 16.5. The van der Waals surface area contributed by atoms with E-state index in [4.69, 9.17) is 0 Å². The molecule has 2 heteroatoms. The predicted molar refractivity (Wildman–Crippen MR) is 202 cm³/mol. The first-order valence-corrected chi connectivity index (χ1v) is 16.5. The minimum Gasteiger partial charge on any atom is -0.313 e. The molecular formula is C45H38N2. The van der Waals surface area contributed by atoms with Crippen molar-refractivity contribution in [1.29, 1.82) is 0 Å². The van der Waals surface area contributed by atoms with Crippen molar-refractivity contribution in [3.63, 3.8) is 0 Å². The lowest BCUT2D eigenvalue weighted by Gasteiger charge is -2.28. The fourth-order valence-corrected chi connectivity index (χ4v) is 7.50. The quantitative estimate of drug-likeness (QED) is 0.171. The van der Waals surface area contributed by atoms with E-state index in [9.17, 15) is 0 Å². The molecule has 0 saturated carbocycles. The fraction of sp³-hybridized carbons (Fsp3) is 0.111. The van der Waals surface area contributed by atoms with Crippen LogP contribution in [0.2, 0.25) is 0 Å². The van der Waals surface area contributed by atoms with E-state index in [2.05, 4.69) is 195 Å². The molecule has 0 amide bonds. The minimum atomic E-state index is -0.0874. The van der Waals surface area contributed by atoms with Crippen molar-refractivity contribution in [2.24, 2.45) is 0 Å². The van der Waals surface area contributed by atoms with Crippen LogP contribution in [0.5, 0.6) is 0 Å². The second kappa shape index (κ2) is 11.3. The van der Waals surface area contributed by atoms with Crippen molar-refractivity contribution >= 4 is 44.6 Å². The number of hydrogen-bond acceptors (Lipinski definition) is 1. The van der Waals surface area contributed by atoms with E-state index >= 15 is 0 Å². The third kappa shape index (κ3) is 4.72. The van der Waals surface area contributed by atoms with Crippen LogP contribution in [-0.2, 0) is 5.41 Å². The lowest BCUT2D eigenvalue weighted by atomic mass is 9.82. The van der Waals surface area contributed by atoms with Crippen LogP contribution in [0.4, 0.5) is 17.1 Å². The molecule has 0 fully saturated rings. The third-order valence-corrected chi connectivity index (χ3v) is 9.86. The van der Waals surface area contributed by atoms with Crippen LogP contribution in [0, 0.1) is 0 Å². The molecule has 0 atom stereocenters. The van der Waals surface area contributed by atoms with Crippen molar-refractivity contribution < 1.29 is 0 Å². The Bertz CT molecular complexity index is 2330. The highest BCUT2D eigenvalue weighted by Crippen LogP contribution is 2.51. The first-order chi connectivity index (χ1) is 23.0. The molecule has 2 nitrogen and oxygen atoms in total. The number of hydrogen-bond donors (Lipinski definition) is 0. The SMILES string of the molecule is C/C=C\C=C(/C)n1c2ccccc2c2ccc(N(c3ccc(-c4ccccc4)cc3)c3ccc4c(c3)C(C)(C)c3ccccc3-4)cc21. The van der Waals surface area contributed by atoms with E-state index in [0.717, 1.165) is 17.1 Å². The standard InChI is InChI=1S/C45H38N2/c1-5-6-14-31(2)46-43-20-13-11-18-39(43)40-28-26-36(30-44(40)46)47(34-23-21-33(22-24-34)32-15-8-7-9-16-32)35-25-27-38-37-17-10-12-19-41(37)45(3,4)42(38)29-35/h5-30H,1-4H3/b6-5-,31-14+. The summed E-state index contributed by atoms with van der Waals surface area (Å²) in [5, 5.41) is 2.51. The van der Waals surface area contributed by atoms with Gasteiger partial charge in [0.25, 0.3) is 0 Å². The van der Waals surface area contributed by atoms with Gasteiger partial charge < -0.3 is 9.47 Å². The molecule has 228 valence electrons. The number of nitrogens with zero attached hydrogens (tertiary/aromatic N) is 2. The Kier molecular flexibility index (Phi) is 6.95. The zero-order valence-corrected chi connectivity index (χ0v) is 27.4. The molecule has 1 aromatic heterocycles. The minimum absolute atomic E-state index is 0.0874. The lowest BCUT2D eigenvalue weighted by molar-refractivity contribution is 0.660. The van der Waals surface area contributed by atoms with Crippen LogP contribution >= 0.6 is 0 Å². The highest BCUT2D eigenvalue weighted by Gasteiger charge is 2.35. The second-order valence-corrected chi connectivity index (χ2v) is 13.0. The van der Waals surface area contributed by atoms with Gasteiger partial charge in [-0.1, -0.05) is 123 Å². The average Bonchev–Trinajstić information content (AvgIpc) is 3.56. The van der Waals surface area contributed by atoms with E-state index in [1.807, 2.05) is 0 Å². The normalized spacial score (nSPS) is 13.7. The largest absolute Gasteiger partial charge is 0.313 e. The molecule has 8 rings (SSSR count). The zero-order chi connectivity index (χ0) is 32.1. The molecule has 0 saturated heterocycles. The number of fused-ring (bicyclic) bond motifs is 6. The average molecular weight is 607 g/mol. The van der Waals surface area contributed by atoms with Gasteiger partial charge in [0.1, 0.15) is 0 Å². The van der Waals surface area contributed by atoms with Crippen molar-refractivity contribution in [3.8, 4) is 22.3 Å². The summed E-state index contributed by atoms with van der Waals surface area (Å²) in [4.78, 5) is 2.42. The molecule has 0 spiro atoms. The molecular weight excluding hydrogens is 569 g/mol. The van der Waals surface area contributed by atoms with Gasteiger partial charge in [-0.15, -0.1) is 0 Å². The topological polar surface area (TPSA) is 8.17 Å². The summed E-state index contributed by atoms with van der Waals surface area (Å²) in [7, 11) is 0. The maximum absolute atomic E-state index is 2.42. The summed E-state index contributed by atoms with van der Waals surface area (Å²) in [5.74, 6) is 0. The molecule has 0 N–H and O–H groups in total. The van der Waals surface area contributed by atoms with Gasteiger partial charge in [-0.2, -0.15) is 0 Å². The van der Waals surface area contributed by atoms with Gasteiger partial charge in [0, 0.05) is 38.9 Å². The summed E-state index contributed by atoms with van der Waals surface area (Å²) >= 11 is 0. The Balaban J connectivity index is 1.34. The molecule has 0 radical (unpaired) electrons. The highest BCUT2D eigenvalue weighted by molar-refractivity contribution is 6.11. The van der Waals surface area contributed by atoms with E-state index < -0.39 is 0 Å². The van der Waals surface area contributed by atoms with Crippen molar-refractivity contribution in [2.45, 2.75) is 33.1 Å². The van der Waals surface area contributed by atoms with Crippen LogP contribution in [-0.4, -0.2) is 4.57 Å². The molecule has 1 aliphatic carbocycles. The smallest absolute Gasteiger partial charge is 0.0558 e. The van der Waals surface area contributed by atoms with Gasteiger partial charge in [-0.3, -0.25) is 0 Å². The summed E-state index contributed by atoms with van der Waals surface area (Å²) in [6, 6.07) is 51.1. The molecule has 1 heterocycles. The van der Waals surface area contributed by atoms with Crippen molar-refractivity contribution in [1.82, 2.24) is 4.57 Å². The Hall–Kier alpha value is -5.60. The highest BCUT2D eigenvalue weighted by atomic mass is 15.1. The first kappa shape index (κ1) is 28.8. The number of anilines is 3. The van der Waals surface area contributed by atoms with Gasteiger partial charge in [0.05, 0.1) is 11.0 Å². The van der Waals surface area contributed by atoms with Crippen molar-refractivity contribution in [3.05, 3.63) is 169 Å². The Morgan fingerprint density at radius 1 is 0.574 bits per heavy atom. The van der Waals surface area contributed by atoms with Gasteiger partial charge in [-0.05, 0) is 95.8 Å². The van der Waals surface area contributed by atoms with Gasteiger partial charge in [0.15, 0.2) is 0 Å². The summed E-state index contributed by atoms with van der Waals surface area (Å²) in [5.41, 5.74) is 14.8. The van der Waals surface area contributed by atoms with E-state index in [-0.39, 0.29) is 5.41 Å². The maximum atomic E-state index is 2.42. The van der Waals surface area contributed by atoms with Crippen LogP contribution in [0.25, 0.3) is 49.8 Å². The van der Waals surface area contributed by atoms with Gasteiger partial charge >= 0.3 is 0 Å². The molecule has 0 unspecified atom stereocenters. The van der Waals surface area contributed by atoms with E-state index in [1.165, 1.54) is 60.9 Å². The van der Waals surface area contributed by atoms with Crippen LogP contribution in [0.1, 0.15) is 38.8 Å². The molecule has 0 bridgehead atoms. The number of benzene rings is 6. The number of para-hydroxylation sites is 1. The van der Waals surface area contributed by atoms with E-state index in [0.29, 0.717) is 0 Å². The monoisotopic (exact) mass is 606 g/mol. The van der Waals surface area contributed by atoms with Gasteiger partial charge in [0.2, 0.25) is 0 Å². The maximum Gasteiger partial charge on any atom is 0.0558 e. The fourth-order valence-electron chi connectivity index (χ4n) is 7.50. The number of rotatable bonds is 6. The number of aromatic nitrogens is 1. The summed E-state index contributed by atoms with van der Waals surface area (Å²) in [6.45, 7) is 8.96. The molecule has 6 aromatic carbocycles. The summed E-state index contributed by atoms with van der Waals surface area (Å²) < 4.78 is 2.40. The number of allylic oxidation sites excluding steroid dienone is 4. The molecule has 0 aliphatic heterocycles. The summed E-state index contributed by atoms with van der Waals surface area (Å²) in [6.07, 6.45) is 6.39. The van der Waals surface area contributed by atoms with Gasteiger partial charge in [-0.25, -0.2) is 0 Å². The predicted octanol–water partition coefficient (Wildman–Crippen LogP) is 12.7. The van der Waals surface area contributed by atoms with Crippen LogP contribution in [0.15, 0.2) is 158 Å². The molecule has 7 aromatic rings. The Morgan fingerprint density at radius 2 is 1.19 bits per heavy atom. The Morgan fingerprint density at radius 3 is 2.00 bits per heavy atom. The second-order valence-electron chi connectivity index (χ2n) is 13.0. The molecule has 47 heavy (non-hydrogen) atoms. The molecule has 1 aliphatic rings. The third-order valence-electron chi connectivity index (χ3n) is 9.86. The lowest BCUT2D eigenvalue weighted by Crippen LogP contribution is -2.16. The Labute approximate surface area is 277 Å². The van der Waals surface area contributed by atoms with Crippen molar-refractivity contribution in [2.75, 3.05) is 4.90 Å².